The SMILES string of the molecule is CCN(C(=O)CN(CCO)C1CCCC1)C1=CCCC1. The van der Waals surface area contributed by atoms with Crippen molar-refractivity contribution in [2.75, 3.05) is 26.2 Å². The second-order valence-electron chi connectivity index (χ2n) is 5.86. The van der Waals surface area contributed by atoms with Crippen molar-refractivity contribution in [1.29, 1.82) is 0 Å². The molecule has 0 bridgehead atoms. The number of rotatable bonds is 7. The highest BCUT2D eigenvalue weighted by Crippen LogP contribution is 2.25. The third-order valence-electron chi connectivity index (χ3n) is 4.55. The fraction of sp³-hybridized carbons (Fsp3) is 0.812. The summed E-state index contributed by atoms with van der Waals surface area (Å²) in [6.07, 6.45) is 10.3. The van der Waals surface area contributed by atoms with Crippen molar-refractivity contribution in [2.45, 2.75) is 57.9 Å². The van der Waals surface area contributed by atoms with E-state index < -0.39 is 0 Å². The predicted octanol–water partition coefficient (Wildman–Crippen LogP) is 2.14. The Morgan fingerprint density at radius 1 is 1.35 bits per heavy atom. The van der Waals surface area contributed by atoms with E-state index >= 15 is 0 Å². The van der Waals surface area contributed by atoms with Crippen LogP contribution in [0.15, 0.2) is 11.8 Å². The van der Waals surface area contributed by atoms with Crippen molar-refractivity contribution in [3.05, 3.63) is 11.8 Å². The molecule has 0 aromatic heterocycles. The van der Waals surface area contributed by atoms with Gasteiger partial charge in [-0.3, -0.25) is 9.69 Å². The second-order valence-corrected chi connectivity index (χ2v) is 5.86. The lowest BCUT2D eigenvalue weighted by atomic mass is 10.2. The topological polar surface area (TPSA) is 43.8 Å². The Morgan fingerprint density at radius 3 is 2.65 bits per heavy atom. The minimum absolute atomic E-state index is 0.138. The highest BCUT2D eigenvalue weighted by Gasteiger charge is 2.26. The van der Waals surface area contributed by atoms with Crippen molar-refractivity contribution >= 4 is 5.91 Å². The van der Waals surface area contributed by atoms with Crippen LogP contribution in [0.25, 0.3) is 0 Å². The first-order valence-electron chi connectivity index (χ1n) is 8.10. The van der Waals surface area contributed by atoms with Gasteiger partial charge in [0, 0.05) is 24.8 Å². The summed E-state index contributed by atoms with van der Waals surface area (Å²) in [5.74, 6) is 0.195. The van der Waals surface area contributed by atoms with Crippen LogP contribution >= 0.6 is 0 Å². The van der Waals surface area contributed by atoms with Gasteiger partial charge in [0.05, 0.1) is 13.2 Å². The van der Waals surface area contributed by atoms with Crippen molar-refractivity contribution in [2.24, 2.45) is 0 Å². The molecule has 20 heavy (non-hydrogen) atoms. The minimum atomic E-state index is 0.138. The quantitative estimate of drug-likeness (QED) is 0.777. The normalized spacial score (nSPS) is 19.6. The predicted molar refractivity (Wildman–Crippen MR) is 80.2 cm³/mol. The molecular formula is C16H28N2O2. The number of likely N-dealkylation sites (N-methyl/N-ethyl adjacent to an activating group) is 1. The molecule has 0 aromatic carbocycles. The fourth-order valence-electron chi connectivity index (χ4n) is 3.49. The van der Waals surface area contributed by atoms with Gasteiger partial charge in [0.1, 0.15) is 0 Å². The zero-order valence-electron chi connectivity index (χ0n) is 12.7. The van der Waals surface area contributed by atoms with Crippen molar-refractivity contribution in [3.63, 3.8) is 0 Å². The highest BCUT2D eigenvalue weighted by molar-refractivity contribution is 5.80. The van der Waals surface area contributed by atoms with Gasteiger partial charge in [-0.15, -0.1) is 0 Å². The third-order valence-corrected chi connectivity index (χ3v) is 4.55. The third kappa shape index (κ3) is 3.83. The number of aliphatic hydroxyl groups excluding tert-OH is 1. The van der Waals surface area contributed by atoms with Gasteiger partial charge in [-0.25, -0.2) is 0 Å². The highest BCUT2D eigenvalue weighted by atomic mass is 16.3. The number of carbonyl (C=O) groups excluding carboxylic acids is 1. The van der Waals surface area contributed by atoms with Gasteiger partial charge in [0.2, 0.25) is 5.91 Å². The van der Waals surface area contributed by atoms with Crippen LogP contribution in [0.4, 0.5) is 0 Å². The lowest BCUT2D eigenvalue weighted by molar-refractivity contribution is -0.131. The summed E-state index contributed by atoms with van der Waals surface area (Å²) >= 11 is 0. The molecule has 1 fully saturated rings. The first-order chi connectivity index (χ1) is 9.76. The molecule has 0 saturated heterocycles. The molecule has 0 aliphatic heterocycles. The fourth-order valence-corrected chi connectivity index (χ4v) is 3.49. The van der Waals surface area contributed by atoms with E-state index in [1.165, 1.54) is 37.8 Å². The maximum absolute atomic E-state index is 12.6. The summed E-state index contributed by atoms with van der Waals surface area (Å²) in [4.78, 5) is 16.7. The van der Waals surface area contributed by atoms with Crippen LogP contribution in [0.3, 0.4) is 0 Å². The van der Waals surface area contributed by atoms with Gasteiger partial charge in [0.25, 0.3) is 0 Å². The monoisotopic (exact) mass is 280 g/mol. The van der Waals surface area contributed by atoms with E-state index in [2.05, 4.69) is 11.0 Å². The Labute approximate surface area is 122 Å². The number of allylic oxidation sites excluding steroid dienone is 2. The Morgan fingerprint density at radius 2 is 2.10 bits per heavy atom. The molecule has 0 spiro atoms. The van der Waals surface area contributed by atoms with E-state index in [9.17, 15) is 9.90 Å². The van der Waals surface area contributed by atoms with Crippen molar-refractivity contribution in [1.82, 2.24) is 9.80 Å². The Balaban J connectivity index is 1.95. The molecule has 2 rings (SSSR count). The Bertz CT molecular complexity index is 348. The molecule has 0 radical (unpaired) electrons. The summed E-state index contributed by atoms with van der Waals surface area (Å²) in [7, 11) is 0. The van der Waals surface area contributed by atoms with Crippen LogP contribution in [-0.4, -0.2) is 53.1 Å². The van der Waals surface area contributed by atoms with Gasteiger partial charge in [-0.1, -0.05) is 18.9 Å². The largest absolute Gasteiger partial charge is 0.395 e. The zero-order chi connectivity index (χ0) is 14.4. The van der Waals surface area contributed by atoms with Gasteiger partial charge in [-0.05, 0) is 39.0 Å². The Kier molecular flexibility index (Phi) is 6.05. The summed E-state index contributed by atoms with van der Waals surface area (Å²) < 4.78 is 0. The molecule has 114 valence electrons. The summed E-state index contributed by atoms with van der Waals surface area (Å²) in [5.41, 5.74) is 1.20. The molecular weight excluding hydrogens is 252 g/mol. The number of nitrogens with zero attached hydrogens (tertiary/aromatic N) is 2. The molecule has 0 atom stereocenters. The van der Waals surface area contributed by atoms with Gasteiger partial charge >= 0.3 is 0 Å². The molecule has 1 amide bonds. The zero-order valence-corrected chi connectivity index (χ0v) is 12.7. The Hall–Kier alpha value is -0.870. The van der Waals surface area contributed by atoms with Crippen LogP contribution in [0.1, 0.15) is 51.9 Å². The van der Waals surface area contributed by atoms with E-state index in [1.54, 1.807) is 0 Å². The van der Waals surface area contributed by atoms with Crippen molar-refractivity contribution in [3.8, 4) is 0 Å². The number of hydrogen-bond acceptors (Lipinski definition) is 3. The molecule has 0 heterocycles. The molecule has 0 aromatic rings. The average Bonchev–Trinajstić information content (AvgIpc) is 3.12. The summed E-state index contributed by atoms with van der Waals surface area (Å²) in [6, 6.07) is 0.488. The number of hydrogen-bond donors (Lipinski definition) is 1. The summed E-state index contributed by atoms with van der Waals surface area (Å²) in [6.45, 7) is 4.01. The van der Waals surface area contributed by atoms with E-state index in [0.717, 1.165) is 19.4 Å². The van der Waals surface area contributed by atoms with E-state index in [1.807, 2.05) is 11.8 Å². The lowest BCUT2D eigenvalue weighted by Crippen LogP contribution is -2.44. The van der Waals surface area contributed by atoms with Gasteiger partial charge < -0.3 is 10.0 Å². The van der Waals surface area contributed by atoms with E-state index in [0.29, 0.717) is 19.1 Å². The molecule has 1 saturated carbocycles. The molecule has 2 aliphatic rings. The first-order valence-corrected chi connectivity index (χ1v) is 8.10. The molecule has 0 unspecified atom stereocenters. The van der Waals surface area contributed by atoms with Crippen LogP contribution in [0, 0.1) is 0 Å². The average molecular weight is 280 g/mol. The maximum Gasteiger partial charge on any atom is 0.240 e. The molecule has 2 aliphatic carbocycles. The second kappa shape index (κ2) is 7.79. The number of aliphatic hydroxyl groups is 1. The minimum Gasteiger partial charge on any atom is -0.395 e. The summed E-state index contributed by atoms with van der Waals surface area (Å²) in [5, 5.41) is 9.24. The van der Waals surface area contributed by atoms with Gasteiger partial charge in [-0.2, -0.15) is 0 Å². The van der Waals surface area contributed by atoms with E-state index in [-0.39, 0.29) is 12.5 Å². The molecule has 4 nitrogen and oxygen atoms in total. The van der Waals surface area contributed by atoms with Crippen LogP contribution in [0.2, 0.25) is 0 Å². The van der Waals surface area contributed by atoms with Gasteiger partial charge in [0.15, 0.2) is 0 Å². The van der Waals surface area contributed by atoms with Crippen LogP contribution in [-0.2, 0) is 4.79 Å². The van der Waals surface area contributed by atoms with Crippen LogP contribution < -0.4 is 0 Å². The lowest BCUT2D eigenvalue weighted by Gasteiger charge is -2.31. The van der Waals surface area contributed by atoms with E-state index in [4.69, 9.17) is 0 Å². The standard InChI is InChI=1S/C16H28N2O2/c1-2-18(15-9-5-6-10-15)16(20)13-17(11-12-19)14-7-3-4-8-14/h9,14,19H,2-8,10-13H2,1H3. The van der Waals surface area contributed by atoms with Crippen LogP contribution in [0.5, 0.6) is 0 Å². The number of amides is 1. The molecule has 4 heteroatoms. The first kappa shape index (κ1) is 15.5. The smallest absolute Gasteiger partial charge is 0.240 e. The number of carbonyl (C=O) groups is 1. The molecule has 1 N–H and O–H groups in total. The maximum atomic E-state index is 12.6. The van der Waals surface area contributed by atoms with Crippen molar-refractivity contribution < 1.29 is 9.90 Å².